The molecule has 6 heteroatoms. The van der Waals surface area contributed by atoms with E-state index < -0.39 is 4.92 Å². The number of aliphatic hydroxyl groups excluding tert-OH is 1. The Morgan fingerprint density at radius 2 is 1.94 bits per heavy atom. The Bertz CT molecular complexity index is 492. The van der Waals surface area contributed by atoms with Gasteiger partial charge in [0.15, 0.2) is 5.78 Å². The van der Waals surface area contributed by atoms with Gasteiger partial charge < -0.3 is 5.11 Å². The minimum absolute atomic E-state index is 0.0856. The highest BCUT2D eigenvalue weighted by atomic mass is 32.2. The van der Waals surface area contributed by atoms with Crippen LogP contribution in [-0.2, 0) is 4.79 Å². The van der Waals surface area contributed by atoms with Gasteiger partial charge in [0, 0.05) is 6.07 Å². The van der Waals surface area contributed by atoms with Gasteiger partial charge in [-0.1, -0.05) is 23.9 Å². The van der Waals surface area contributed by atoms with E-state index in [0.29, 0.717) is 4.90 Å². The summed E-state index contributed by atoms with van der Waals surface area (Å²) >= 11 is 0.898. The molecule has 0 atom stereocenters. The molecule has 0 amide bonds. The van der Waals surface area contributed by atoms with Crippen molar-refractivity contribution in [1.29, 1.82) is 0 Å². The highest BCUT2D eigenvalue weighted by Crippen LogP contribution is 2.35. The number of carbonyl (C=O) groups excluding carboxylic acids is 1. The highest BCUT2D eigenvalue weighted by Gasteiger charge is 2.18. The van der Waals surface area contributed by atoms with Crippen molar-refractivity contribution >= 4 is 23.2 Å². The molecule has 1 aromatic rings. The highest BCUT2D eigenvalue weighted by molar-refractivity contribution is 8.04. The van der Waals surface area contributed by atoms with Gasteiger partial charge in [-0.25, -0.2) is 0 Å². The first kappa shape index (κ1) is 13.2. The maximum atomic E-state index is 11.3. The minimum Gasteiger partial charge on any atom is -0.511 e. The van der Waals surface area contributed by atoms with E-state index in [9.17, 15) is 20.0 Å². The quantitative estimate of drug-likeness (QED) is 0.293. The lowest BCUT2D eigenvalue weighted by molar-refractivity contribution is -0.387. The summed E-state index contributed by atoms with van der Waals surface area (Å²) in [4.78, 5) is 22.0. The number of rotatable bonds is 4. The Labute approximate surface area is 102 Å². The number of carbonyl (C=O) groups is 1. The Morgan fingerprint density at radius 1 is 1.35 bits per heavy atom. The van der Waals surface area contributed by atoms with Gasteiger partial charge in [0.1, 0.15) is 5.76 Å². The SMILES string of the molecule is CC(=O)/C(Sc1ccccc1[N+](=O)[O-])=C(\C)O. The van der Waals surface area contributed by atoms with Crippen LogP contribution in [0.2, 0.25) is 0 Å². The van der Waals surface area contributed by atoms with Crippen LogP contribution < -0.4 is 0 Å². The van der Waals surface area contributed by atoms with Gasteiger partial charge in [-0.15, -0.1) is 0 Å². The van der Waals surface area contributed by atoms with Crippen molar-refractivity contribution in [2.24, 2.45) is 0 Å². The number of hydrogen-bond donors (Lipinski definition) is 1. The Morgan fingerprint density at radius 3 is 2.41 bits per heavy atom. The molecule has 0 aliphatic heterocycles. The summed E-state index contributed by atoms with van der Waals surface area (Å²) in [5, 5.41) is 20.1. The van der Waals surface area contributed by atoms with Gasteiger partial charge in [0.25, 0.3) is 5.69 Å². The fraction of sp³-hybridized carbons (Fsp3) is 0.182. The van der Waals surface area contributed by atoms with Crippen LogP contribution >= 0.6 is 11.8 Å². The molecular formula is C11H11NO4S. The Balaban J connectivity index is 3.15. The zero-order chi connectivity index (χ0) is 13.0. The zero-order valence-corrected chi connectivity index (χ0v) is 10.2. The molecule has 1 rings (SSSR count). The van der Waals surface area contributed by atoms with Crippen LogP contribution in [0, 0.1) is 10.1 Å². The van der Waals surface area contributed by atoms with Gasteiger partial charge in [0.2, 0.25) is 0 Å². The molecule has 5 nitrogen and oxygen atoms in total. The third-order valence-electron chi connectivity index (χ3n) is 1.92. The predicted molar refractivity (Wildman–Crippen MR) is 65.0 cm³/mol. The summed E-state index contributed by atoms with van der Waals surface area (Å²) in [6.07, 6.45) is 0. The number of allylic oxidation sites excluding steroid dienone is 2. The van der Waals surface area contributed by atoms with Crippen LogP contribution in [0.15, 0.2) is 39.8 Å². The van der Waals surface area contributed by atoms with Crippen molar-refractivity contribution in [3.63, 3.8) is 0 Å². The van der Waals surface area contributed by atoms with Gasteiger partial charge in [-0.3, -0.25) is 14.9 Å². The maximum absolute atomic E-state index is 11.3. The topological polar surface area (TPSA) is 80.4 Å². The van der Waals surface area contributed by atoms with E-state index in [4.69, 9.17) is 0 Å². The molecule has 0 spiro atoms. The molecule has 0 saturated carbocycles. The largest absolute Gasteiger partial charge is 0.511 e. The standard InChI is InChI=1S/C11H11NO4S/c1-7(13)11(8(2)14)17-10-6-4-3-5-9(10)12(15)16/h3-6,13H,1-2H3/b11-7-. The molecule has 1 N–H and O–H groups in total. The van der Waals surface area contributed by atoms with Crippen LogP contribution in [0.25, 0.3) is 0 Å². The first-order valence-electron chi connectivity index (χ1n) is 4.75. The second-order valence-corrected chi connectivity index (χ2v) is 4.35. The third kappa shape index (κ3) is 3.32. The Kier molecular flexibility index (Phi) is 4.28. The van der Waals surface area contributed by atoms with Crippen LogP contribution in [0.1, 0.15) is 13.8 Å². The molecule has 17 heavy (non-hydrogen) atoms. The number of hydrogen-bond acceptors (Lipinski definition) is 5. The number of nitrogens with zero attached hydrogens (tertiary/aromatic N) is 1. The van der Waals surface area contributed by atoms with Crippen LogP contribution in [0.4, 0.5) is 5.69 Å². The zero-order valence-electron chi connectivity index (χ0n) is 9.34. The molecule has 90 valence electrons. The number of nitro benzene ring substituents is 1. The number of thioether (sulfide) groups is 1. The molecule has 0 unspecified atom stereocenters. The minimum atomic E-state index is -0.521. The first-order valence-corrected chi connectivity index (χ1v) is 5.57. The fourth-order valence-electron chi connectivity index (χ4n) is 1.20. The van der Waals surface area contributed by atoms with Crippen LogP contribution in [0.3, 0.4) is 0 Å². The summed E-state index contributed by atoms with van der Waals surface area (Å²) in [6, 6.07) is 6.08. The first-order chi connectivity index (χ1) is 7.93. The smallest absolute Gasteiger partial charge is 0.283 e. The summed E-state index contributed by atoms with van der Waals surface area (Å²) in [6.45, 7) is 2.68. The monoisotopic (exact) mass is 253 g/mol. The van der Waals surface area contributed by atoms with Crippen molar-refractivity contribution in [3.05, 3.63) is 45.0 Å². The Hall–Kier alpha value is -1.82. The van der Waals surface area contributed by atoms with E-state index in [0.717, 1.165) is 11.8 Å². The number of nitro groups is 1. The molecule has 0 heterocycles. The third-order valence-corrected chi connectivity index (χ3v) is 3.27. The lowest BCUT2D eigenvalue weighted by Gasteiger charge is -2.05. The van der Waals surface area contributed by atoms with Gasteiger partial charge in [-0.05, 0) is 19.9 Å². The molecule has 0 saturated heterocycles. The van der Waals surface area contributed by atoms with Gasteiger partial charge >= 0.3 is 0 Å². The second kappa shape index (κ2) is 5.49. The summed E-state index contributed by atoms with van der Waals surface area (Å²) in [5.74, 6) is -0.464. The fourth-order valence-corrected chi connectivity index (χ4v) is 2.11. The van der Waals surface area contributed by atoms with Crippen LogP contribution in [0.5, 0.6) is 0 Å². The van der Waals surface area contributed by atoms with Crippen molar-refractivity contribution in [2.75, 3.05) is 0 Å². The molecule has 0 aliphatic carbocycles. The van der Waals surface area contributed by atoms with E-state index in [1.54, 1.807) is 12.1 Å². The molecule has 1 aromatic carbocycles. The summed E-state index contributed by atoms with van der Waals surface area (Å²) in [7, 11) is 0. The lowest BCUT2D eigenvalue weighted by atomic mass is 10.3. The normalized spacial score (nSPS) is 11.9. The number of benzene rings is 1. The van der Waals surface area contributed by atoms with E-state index >= 15 is 0 Å². The molecule has 0 bridgehead atoms. The molecule has 0 fully saturated rings. The van der Waals surface area contributed by atoms with E-state index in [2.05, 4.69) is 0 Å². The number of Topliss-reactive ketones (excluding diaryl/α,β-unsaturated/α-hetero) is 1. The van der Waals surface area contributed by atoms with Gasteiger partial charge in [-0.2, -0.15) is 0 Å². The molecule has 0 radical (unpaired) electrons. The average Bonchev–Trinajstić information content (AvgIpc) is 2.25. The predicted octanol–water partition coefficient (Wildman–Crippen LogP) is 3.07. The lowest BCUT2D eigenvalue weighted by Crippen LogP contribution is -1.97. The number of aliphatic hydroxyl groups is 1. The number of para-hydroxylation sites is 1. The van der Waals surface area contributed by atoms with E-state index in [1.807, 2.05) is 0 Å². The maximum Gasteiger partial charge on any atom is 0.283 e. The van der Waals surface area contributed by atoms with Gasteiger partial charge in [0.05, 0.1) is 14.7 Å². The summed E-state index contributed by atoms with van der Waals surface area (Å²) in [5.41, 5.74) is -0.0856. The average molecular weight is 253 g/mol. The van der Waals surface area contributed by atoms with E-state index in [1.165, 1.54) is 26.0 Å². The molecule has 0 aliphatic rings. The molecule has 0 aromatic heterocycles. The second-order valence-electron chi connectivity index (χ2n) is 3.30. The van der Waals surface area contributed by atoms with E-state index in [-0.39, 0.29) is 22.1 Å². The summed E-state index contributed by atoms with van der Waals surface area (Å²) < 4.78 is 0. The van der Waals surface area contributed by atoms with Crippen molar-refractivity contribution in [1.82, 2.24) is 0 Å². The number of ketones is 1. The van der Waals surface area contributed by atoms with Crippen molar-refractivity contribution in [2.45, 2.75) is 18.7 Å². The van der Waals surface area contributed by atoms with Crippen molar-refractivity contribution in [3.8, 4) is 0 Å². The van der Waals surface area contributed by atoms with Crippen LogP contribution in [-0.4, -0.2) is 15.8 Å². The molecular weight excluding hydrogens is 242 g/mol. The van der Waals surface area contributed by atoms with Crippen molar-refractivity contribution < 1.29 is 14.8 Å².